The lowest BCUT2D eigenvalue weighted by Crippen LogP contribution is -2.27. The van der Waals surface area contributed by atoms with E-state index < -0.39 is 6.04 Å². The van der Waals surface area contributed by atoms with Crippen LogP contribution in [0.3, 0.4) is 0 Å². The highest BCUT2D eigenvalue weighted by atomic mass is 32.2. The van der Waals surface area contributed by atoms with Crippen LogP contribution in [0.2, 0.25) is 0 Å². The minimum atomic E-state index is -0.593. The number of thioether (sulfide) groups is 1. The summed E-state index contributed by atoms with van der Waals surface area (Å²) in [5.74, 6) is -0.371. The quantitative estimate of drug-likeness (QED) is 0.525. The standard InChI is InChI=1S/C18H25N5O3S/c1-5-14(16(25)20-13-9-7-8-11(3)12(13)4)23-17(19)21-22-18(23)27-10-15(24)26-6-2/h7-9,14H,5-6,10H2,1-4H3,(H2,19,21)(H,20,25). The van der Waals surface area contributed by atoms with Crippen LogP contribution < -0.4 is 11.1 Å². The second kappa shape index (κ2) is 9.40. The fourth-order valence-corrected chi connectivity index (χ4v) is 3.38. The van der Waals surface area contributed by atoms with Gasteiger partial charge in [0.2, 0.25) is 11.9 Å². The Balaban J connectivity index is 2.21. The molecule has 0 aliphatic rings. The first-order valence-electron chi connectivity index (χ1n) is 8.74. The SMILES string of the molecule is CCOC(=O)CSc1nnc(N)n1C(CC)C(=O)Nc1cccc(C)c1C. The Kier molecular flexibility index (Phi) is 7.23. The Hall–Kier alpha value is -2.55. The zero-order valence-corrected chi connectivity index (χ0v) is 16.8. The summed E-state index contributed by atoms with van der Waals surface area (Å²) < 4.78 is 6.48. The molecular weight excluding hydrogens is 366 g/mol. The number of carbonyl (C=O) groups is 2. The summed E-state index contributed by atoms with van der Waals surface area (Å²) >= 11 is 1.14. The van der Waals surface area contributed by atoms with Crippen LogP contribution in [0.25, 0.3) is 0 Å². The zero-order valence-electron chi connectivity index (χ0n) is 16.0. The third-order valence-corrected chi connectivity index (χ3v) is 5.10. The molecule has 8 nitrogen and oxygen atoms in total. The first kappa shape index (κ1) is 20.8. The summed E-state index contributed by atoms with van der Waals surface area (Å²) in [6.45, 7) is 7.88. The average molecular weight is 391 g/mol. The van der Waals surface area contributed by atoms with Crippen LogP contribution in [0.4, 0.5) is 11.6 Å². The third kappa shape index (κ3) is 5.00. The summed E-state index contributed by atoms with van der Waals surface area (Å²) in [4.78, 5) is 24.5. The van der Waals surface area contributed by atoms with Gasteiger partial charge in [0.1, 0.15) is 6.04 Å². The van der Waals surface area contributed by atoms with E-state index in [2.05, 4.69) is 15.5 Å². The van der Waals surface area contributed by atoms with Crippen molar-refractivity contribution in [1.29, 1.82) is 0 Å². The van der Waals surface area contributed by atoms with Crippen molar-refractivity contribution in [2.75, 3.05) is 23.4 Å². The van der Waals surface area contributed by atoms with Gasteiger partial charge in [0, 0.05) is 5.69 Å². The van der Waals surface area contributed by atoms with Crippen molar-refractivity contribution < 1.29 is 14.3 Å². The average Bonchev–Trinajstić information content (AvgIpc) is 2.99. The van der Waals surface area contributed by atoms with Crippen LogP contribution >= 0.6 is 11.8 Å². The number of rotatable bonds is 8. The van der Waals surface area contributed by atoms with Crippen molar-refractivity contribution in [3.8, 4) is 0 Å². The molecule has 1 aromatic heterocycles. The van der Waals surface area contributed by atoms with Gasteiger partial charge in [0.05, 0.1) is 12.4 Å². The van der Waals surface area contributed by atoms with Crippen molar-refractivity contribution in [1.82, 2.24) is 14.8 Å². The van der Waals surface area contributed by atoms with E-state index >= 15 is 0 Å². The minimum absolute atomic E-state index is 0.0705. The molecule has 2 aromatic rings. The number of nitrogens with zero attached hydrogens (tertiary/aromatic N) is 3. The number of ether oxygens (including phenoxy) is 1. The maximum Gasteiger partial charge on any atom is 0.316 e. The largest absolute Gasteiger partial charge is 0.465 e. The van der Waals surface area contributed by atoms with Crippen molar-refractivity contribution in [2.24, 2.45) is 0 Å². The Bertz CT molecular complexity index is 821. The number of amides is 1. The number of nitrogen functional groups attached to an aromatic ring is 1. The smallest absolute Gasteiger partial charge is 0.316 e. The van der Waals surface area contributed by atoms with Gasteiger partial charge in [-0.3, -0.25) is 14.2 Å². The van der Waals surface area contributed by atoms with Gasteiger partial charge in [-0.2, -0.15) is 0 Å². The molecule has 0 radical (unpaired) electrons. The van der Waals surface area contributed by atoms with Crippen molar-refractivity contribution in [3.63, 3.8) is 0 Å². The second-order valence-corrected chi connectivity index (χ2v) is 6.91. The fraction of sp³-hybridized carbons (Fsp3) is 0.444. The van der Waals surface area contributed by atoms with Crippen LogP contribution in [0.15, 0.2) is 23.4 Å². The maximum atomic E-state index is 12.9. The first-order chi connectivity index (χ1) is 12.9. The number of nitrogens with two attached hydrogens (primary N) is 1. The predicted octanol–water partition coefficient (Wildman–Crippen LogP) is 2.72. The predicted molar refractivity (Wildman–Crippen MR) is 106 cm³/mol. The van der Waals surface area contributed by atoms with Gasteiger partial charge in [-0.1, -0.05) is 30.8 Å². The molecule has 1 heterocycles. The summed E-state index contributed by atoms with van der Waals surface area (Å²) in [7, 11) is 0. The molecule has 0 fully saturated rings. The number of nitrogens with one attached hydrogen (secondary N) is 1. The number of aromatic nitrogens is 3. The highest BCUT2D eigenvalue weighted by Gasteiger charge is 2.26. The lowest BCUT2D eigenvalue weighted by atomic mass is 10.1. The van der Waals surface area contributed by atoms with Crippen LogP contribution in [-0.4, -0.2) is 39.0 Å². The van der Waals surface area contributed by atoms with E-state index in [1.807, 2.05) is 39.0 Å². The van der Waals surface area contributed by atoms with Gasteiger partial charge >= 0.3 is 5.97 Å². The van der Waals surface area contributed by atoms with Gasteiger partial charge in [0.25, 0.3) is 0 Å². The van der Waals surface area contributed by atoms with Gasteiger partial charge in [0.15, 0.2) is 5.16 Å². The number of anilines is 2. The lowest BCUT2D eigenvalue weighted by Gasteiger charge is -2.20. The lowest BCUT2D eigenvalue weighted by molar-refractivity contribution is -0.139. The van der Waals surface area contributed by atoms with E-state index in [0.29, 0.717) is 18.2 Å². The molecule has 1 unspecified atom stereocenters. The van der Waals surface area contributed by atoms with Crippen LogP contribution in [0.5, 0.6) is 0 Å². The Morgan fingerprint density at radius 2 is 2.04 bits per heavy atom. The van der Waals surface area contributed by atoms with Crippen molar-refractivity contribution in [2.45, 2.75) is 45.3 Å². The normalized spacial score (nSPS) is 11.9. The van der Waals surface area contributed by atoms with E-state index in [1.165, 1.54) is 0 Å². The fourth-order valence-electron chi connectivity index (χ4n) is 2.59. The summed E-state index contributed by atoms with van der Waals surface area (Å²) in [6, 6.07) is 5.15. The van der Waals surface area contributed by atoms with Crippen LogP contribution in [-0.2, 0) is 14.3 Å². The summed E-state index contributed by atoms with van der Waals surface area (Å²) in [5, 5.41) is 11.2. The molecule has 27 heavy (non-hydrogen) atoms. The molecule has 0 bridgehead atoms. The van der Waals surface area contributed by atoms with E-state index in [-0.39, 0.29) is 23.6 Å². The van der Waals surface area contributed by atoms with E-state index in [0.717, 1.165) is 28.6 Å². The molecule has 0 aliphatic carbocycles. The molecule has 146 valence electrons. The highest BCUT2D eigenvalue weighted by Crippen LogP contribution is 2.27. The second-order valence-electron chi connectivity index (χ2n) is 5.97. The van der Waals surface area contributed by atoms with Crippen molar-refractivity contribution in [3.05, 3.63) is 29.3 Å². The maximum absolute atomic E-state index is 12.9. The molecule has 1 aromatic carbocycles. The first-order valence-corrected chi connectivity index (χ1v) is 9.73. The zero-order chi connectivity index (χ0) is 20.0. The van der Waals surface area contributed by atoms with Crippen molar-refractivity contribution >= 4 is 35.3 Å². The third-order valence-electron chi connectivity index (χ3n) is 4.18. The Morgan fingerprint density at radius 1 is 1.30 bits per heavy atom. The molecule has 0 spiro atoms. The number of carbonyl (C=O) groups excluding carboxylic acids is 2. The molecule has 0 saturated heterocycles. The van der Waals surface area contributed by atoms with Gasteiger partial charge in [-0.05, 0) is 44.4 Å². The van der Waals surface area contributed by atoms with E-state index in [4.69, 9.17) is 10.5 Å². The monoisotopic (exact) mass is 391 g/mol. The molecule has 2 rings (SSSR count). The number of aryl methyl sites for hydroxylation is 1. The number of esters is 1. The topological polar surface area (TPSA) is 112 Å². The minimum Gasteiger partial charge on any atom is -0.465 e. The number of benzene rings is 1. The van der Waals surface area contributed by atoms with Crippen LogP contribution in [0, 0.1) is 13.8 Å². The van der Waals surface area contributed by atoms with E-state index in [9.17, 15) is 9.59 Å². The molecule has 0 saturated carbocycles. The summed E-state index contributed by atoms with van der Waals surface area (Å²) in [5.41, 5.74) is 8.80. The van der Waals surface area contributed by atoms with Gasteiger partial charge in [-0.15, -0.1) is 10.2 Å². The Morgan fingerprint density at radius 3 is 2.70 bits per heavy atom. The molecule has 3 N–H and O–H groups in total. The molecule has 1 amide bonds. The van der Waals surface area contributed by atoms with Gasteiger partial charge < -0.3 is 15.8 Å². The highest BCUT2D eigenvalue weighted by molar-refractivity contribution is 7.99. The molecular formula is C18H25N5O3S. The van der Waals surface area contributed by atoms with Gasteiger partial charge in [-0.25, -0.2) is 0 Å². The molecule has 9 heteroatoms. The number of hydrogen-bond donors (Lipinski definition) is 2. The Labute approximate surface area is 162 Å². The van der Waals surface area contributed by atoms with E-state index in [1.54, 1.807) is 11.5 Å². The molecule has 0 aliphatic heterocycles. The van der Waals surface area contributed by atoms with Crippen LogP contribution in [0.1, 0.15) is 37.4 Å². The molecule has 1 atom stereocenters. The summed E-state index contributed by atoms with van der Waals surface area (Å²) in [6.07, 6.45) is 0.492. The number of hydrogen-bond acceptors (Lipinski definition) is 7.